The fraction of sp³-hybridized carbons (Fsp3) is 0.583. The highest BCUT2D eigenvalue weighted by Gasteiger charge is 2.22. The summed E-state index contributed by atoms with van der Waals surface area (Å²) in [6.07, 6.45) is 0. The van der Waals surface area contributed by atoms with Gasteiger partial charge in [-0.3, -0.25) is 4.79 Å². The van der Waals surface area contributed by atoms with Gasteiger partial charge in [0.15, 0.2) is 0 Å². The fourth-order valence-corrected chi connectivity index (χ4v) is 2.17. The van der Waals surface area contributed by atoms with Gasteiger partial charge < -0.3 is 10.2 Å². The molecule has 0 aliphatic carbocycles. The zero-order valence-electron chi connectivity index (χ0n) is 10.4. The molecule has 0 spiro atoms. The molecule has 0 fully saturated rings. The summed E-state index contributed by atoms with van der Waals surface area (Å²) in [7, 11) is 3.59. The first-order valence-corrected chi connectivity index (χ1v) is 6.37. The summed E-state index contributed by atoms with van der Waals surface area (Å²) in [6.45, 7) is 4.89. The van der Waals surface area contributed by atoms with Crippen molar-refractivity contribution < 1.29 is 4.79 Å². The summed E-state index contributed by atoms with van der Waals surface area (Å²) in [5, 5.41) is 5.37. The Labute approximate surface area is 101 Å². The van der Waals surface area contributed by atoms with Gasteiger partial charge in [-0.2, -0.15) is 0 Å². The lowest BCUT2D eigenvalue weighted by Crippen LogP contribution is -2.46. The van der Waals surface area contributed by atoms with Gasteiger partial charge >= 0.3 is 0 Å². The predicted molar refractivity (Wildman–Crippen MR) is 68.5 cm³/mol. The molecule has 0 bridgehead atoms. The Kier molecular flexibility index (Phi) is 4.96. The van der Waals surface area contributed by atoms with Crippen molar-refractivity contribution in [3.05, 3.63) is 22.4 Å². The van der Waals surface area contributed by atoms with E-state index in [2.05, 4.69) is 30.6 Å². The minimum Gasteiger partial charge on any atom is -0.347 e. The van der Waals surface area contributed by atoms with E-state index in [1.165, 1.54) is 4.88 Å². The first-order chi connectivity index (χ1) is 7.52. The number of nitrogens with zero attached hydrogens (tertiary/aromatic N) is 1. The molecule has 1 rings (SSSR count). The lowest BCUT2D eigenvalue weighted by atomic mass is 10.0. The summed E-state index contributed by atoms with van der Waals surface area (Å²) in [5.74, 6) is 0.446. The minimum atomic E-state index is -0.0999. The average Bonchev–Trinajstić information content (AvgIpc) is 2.69. The molecule has 0 aromatic carbocycles. The molecule has 1 N–H and O–H groups in total. The second kappa shape index (κ2) is 6.01. The normalized spacial score (nSPS) is 12.8. The third-order valence-corrected chi connectivity index (χ3v) is 3.33. The maximum absolute atomic E-state index is 11.9. The Morgan fingerprint density at radius 2 is 2.19 bits per heavy atom. The molecule has 1 atom stereocenters. The Hall–Kier alpha value is -0.870. The second-order valence-electron chi connectivity index (χ2n) is 4.41. The van der Waals surface area contributed by atoms with Crippen molar-refractivity contribution in [1.29, 1.82) is 0 Å². The smallest absolute Gasteiger partial charge is 0.239 e. The average molecular weight is 240 g/mol. The highest BCUT2D eigenvalue weighted by atomic mass is 32.1. The van der Waals surface area contributed by atoms with Gasteiger partial charge in [-0.05, 0) is 17.4 Å². The molecule has 0 aliphatic rings. The van der Waals surface area contributed by atoms with Gasteiger partial charge in [0.1, 0.15) is 0 Å². The predicted octanol–water partition coefficient (Wildman–Crippen LogP) is 1.95. The van der Waals surface area contributed by atoms with Crippen molar-refractivity contribution in [1.82, 2.24) is 10.2 Å². The van der Waals surface area contributed by atoms with Crippen LogP contribution in [0.4, 0.5) is 0 Å². The number of amides is 1. The van der Waals surface area contributed by atoms with E-state index in [9.17, 15) is 4.79 Å². The first-order valence-electron chi connectivity index (χ1n) is 5.49. The number of likely N-dealkylation sites (N-methyl/N-ethyl adjacent to an activating group) is 1. The zero-order valence-corrected chi connectivity index (χ0v) is 11.2. The van der Waals surface area contributed by atoms with Crippen molar-refractivity contribution in [2.45, 2.75) is 26.4 Å². The maximum Gasteiger partial charge on any atom is 0.239 e. The molecule has 0 aliphatic heterocycles. The summed E-state index contributed by atoms with van der Waals surface area (Å²) < 4.78 is 0. The molecular weight excluding hydrogens is 220 g/mol. The molecule has 1 heterocycles. The van der Waals surface area contributed by atoms with Gasteiger partial charge in [-0.25, -0.2) is 0 Å². The number of rotatable bonds is 5. The Morgan fingerprint density at radius 3 is 2.62 bits per heavy atom. The van der Waals surface area contributed by atoms with Gasteiger partial charge in [0.05, 0.1) is 6.04 Å². The van der Waals surface area contributed by atoms with E-state index in [1.54, 1.807) is 30.3 Å². The number of carbonyl (C=O) groups excluding carboxylic acids is 1. The lowest BCUT2D eigenvalue weighted by Gasteiger charge is -2.24. The van der Waals surface area contributed by atoms with E-state index in [0.29, 0.717) is 5.92 Å². The van der Waals surface area contributed by atoms with Crippen LogP contribution in [-0.4, -0.2) is 30.9 Å². The van der Waals surface area contributed by atoms with Crippen molar-refractivity contribution in [3.8, 4) is 0 Å². The van der Waals surface area contributed by atoms with Gasteiger partial charge in [0.25, 0.3) is 0 Å². The zero-order chi connectivity index (χ0) is 12.1. The van der Waals surface area contributed by atoms with Crippen LogP contribution in [0.15, 0.2) is 17.5 Å². The van der Waals surface area contributed by atoms with Crippen molar-refractivity contribution in [3.63, 3.8) is 0 Å². The third kappa shape index (κ3) is 3.61. The van der Waals surface area contributed by atoms with E-state index in [0.717, 1.165) is 6.54 Å². The molecule has 4 heteroatoms. The quantitative estimate of drug-likeness (QED) is 0.853. The summed E-state index contributed by atoms with van der Waals surface area (Å²) in [6, 6.07) is 4.01. The molecule has 1 unspecified atom stereocenters. The monoisotopic (exact) mass is 240 g/mol. The summed E-state index contributed by atoms with van der Waals surface area (Å²) >= 11 is 1.71. The van der Waals surface area contributed by atoms with Crippen molar-refractivity contribution in [2.75, 3.05) is 14.1 Å². The molecule has 3 nitrogen and oxygen atoms in total. The second-order valence-corrected chi connectivity index (χ2v) is 5.45. The lowest BCUT2D eigenvalue weighted by molar-refractivity contribution is -0.132. The van der Waals surface area contributed by atoms with E-state index < -0.39 is 0 Å². The number of hydrogen-bond acceptors (Lipinski definition) is 3. The molecule has 0 saturated carbocycles. The van der Waals surface area contributed by atoms with E-state index >= 15 is 0 Å². The molecular formula is C12H20N2OS. The molecule has 1 amide bonds. The third-order valence-electron chi connectivity index (χ3n) is 2.45. The van der Waals surface area contributed by atoms with Gasteiger partial charge in [0.2, 0.25) is 5.91 Å². The van der Waals surface area contributed by atoms with Crippen LogP contribution in [0.1, 0.15) is 18.7 Å². The van der Waals surface area contributed by atoms with Crippen LogP contribution in [0.2, 0.25) is 0 Å². The number of hydrogen-bond donors (Lipinski definition) is 1. The van der Waals surface area contributed by atoms with Crippen LogP contribution in [0.5, 0.6) is 0 Å². The Balaban J connectivity index is 2.55. The minimum absolute atomic E-state index is 0.0999. The fourth-order valence-electron chi connectivity index (χ4n) is 1.51. The van der Waals surface area contributed by atoms with E-state index in [4.69, 9.17) is 0 Å². The Bertz CT molecular complexity index is 320. The van der Waals surface area contributed by atoms with Crippen LogP contribution in [0.3, 0.4) is 0 Å². The molecule has 16 heavy (non-hydrogen) atoms. The van der Waals surface area contributed by atoms with Crippen molar-refractivity contribution >= 4 is 17.2 Å². The molecule has 0 saturated heterocycles. The van der Waals surface area contributed by atoms with Crippen LogP contribution in [0, 0.1) is 5.92 Å². The van der Waals surface area contributed by atoms with Crippen LogP contribution in [-0.2, 0) is 11.3 Å². The number of carbonyl (C=O) groups is 1. The SMILES string of the molecule is CC(C)C(NCc1cccs1)C(=O)N(C)C. The number of nitrogens with one attached hydrogen (secondary N) is 1. The maximum atomic E-state index is 11.9. The highest BCUT2D eigenvalue weighted by molar-refractivity contribution is 7.09. The van der Waals surface area contributed by atoms with Crippen LogP contribution < -0.4 is 5.32 Å². The van der Waals surface area contributed by atoms with Crippen LogP contribution in [0.25, 0.3) is 0 Å². The summed E-state index contributed by atoms with van der Waals surface area (Å²) in [4.78, 5) is 14.8. The largest absolute Gasteiger partial charge is 0.347 e. The van der Waals surface area contributed by atoms with E-state index in [-0.39, 0.29) is 11.9 Å². The molecule has 1 aromatic rings. The topological polar surface area (TPSA) is 32.3 Å². The molecule has 1 aromatic heterocycles. The van der Waals surface area contributed by atoms with Crippen LogP contribution >= 0.6 is 11.3 Å². The van der Waals surface area contributed by atoms with Gasteiger partial charge in [0, 0.05) is 25.5 Å². The summed E-state index contributed by atoms with van der Waals surface area (Å²) in [5.41, 5.74) is 0. The standard InChI is InChI=1S/C12H20N2OS/c1-9(2)11(12(15)14(3)4)13-8-10-6-5-7-16-10/h5-7,9,11,13H,8H2,1-4H3. The van der Waals surface area contributed by atoms with Gasteiger partial charge in [-0.15, -0.1) is 11.3 Å². The highest BCUT2D eigenvalue weighted by Crippen LogP contribution is 2.10. The number of thiophene rings is 1. The van der Waals surface area contributed by atoms with Gasteiger partial charge in [-0.1, -0.05) is 19.9 Å². The first kappa shape index (κ1) is 13.2. The molecule has 0 radical (unpaired) electrons. The van der Waals surface area contributed by atoms with E-state index in [1.807, 2.05) is 6.07 Å². The molecule has 90 valence electrons. The Morgan fingerprint density at radius 1 is 1.50 bits per heavy atom. The van der Waals surface area contributed by atoms with Crippen molar-refractivity contribution in [2.24, 2.45) is 5.92 Å².